The molecular weight excluding hydrogens is 685 g/mol. The number of benzene rings is 5. The van der Waals surface area contributed by atoms with Gasteiger partial charge >= 0.3 is 21.1 Å². The van der Waals surface area contributed by atoms with Gasteiger partial charge < -0.3 is 9.67 Å². The largest absolute Gasteiger partial charge is 2.00 e. The smallest absolute Gasteiger partial charge is 0.507 e. The van der Waals surface area contributed by atoms with Crippen LogP contribution in [0.2, 0.25) is 0 Å². The molecule has 0 atom stereocenters. The van der Waals surface area contributed by atoms with Crippen molar-refractivity contribution in [1.82, 2.24) is 9.55 Å². The Morgan fingerprint density at radius 3 is 2.15 bits per heavy atom. The van der Waals surface area contributed by atoms with E-state index in [4.69, 9.17) is 4.98 Å². The summed E-state index contributed by atoms with van der Waals surface area (Å²) in [5, 5.41) is 10.3. The zero-order valence-electron chi connectivity index (χ0n) is 21.9. The maximum Gasteiger partial charge on any atom is 2.00 e. The summed E-state index contributed by atoms with van der Waals surface area (Å²) in [7, 11) is 0. The number of fused-ring (bicyclic) bond motifs is 1. The third kappa shape index (κ3) is 4.99. The van der Waals surface area contributed by atoms with E-state index in [1.54, 1.807) is 6.07 Å². The molecule has 0 unspecified atom stereocenters. The van der Waals surface area contributed by atoms with E-state index in [9.17, 15) is 5.11 Å². The van der Waals surface area contributed by atoms with Crippen molar-refractivity contribution in [2.45, 2.75) is 0 Å². The Kier molecular flexibility index (Phi) is 7.33. The van der Waals surface area contributed by atoms with Crippen LogP contribution in [0.1, 0.15) is 0 Å². The minimum Gasteiger partial charge on any atom is -0.507 e. The standard InChI is InChI=1S/C36H24N3O.Pt/c40-36-23-9-5-17-30(36)32-19-11-18-31(37-32)27-14-10-15-28(24-27)38-25-39(35-22-8-7-21-34(35)38)33-20-6-4-16-29(33)26-12-2-1-3-13-26;/h1-23,40H;/q-1;+2. The van der Waals surface area contributed by atoms with Gasteiger partial charge in [-0.05, 0) is 46.8 Å². The van der Waals surface area contributed by atoms with Gasteiger partial charge in [0.1, 0.15) is 5.75 Å². The Balaban J connectivity index is 0.00000302. The van der Waals surface area contributed by atoms with Gasteiger partial charge in [-0.25, -0.2) is 0 Å². The molecule has 0 aliphatic carbocycles. The summed E-state index contributed by atoms with van der Waals surface area (Å²) in [6.45, 7) is 0. The molecule has 5 aromatic carbocycles. The molecule has 0 fully saturated rings. The summed E-state index contributed by atoms with van der Waals surface area (Å²) in [6.07, 6.45) is 3.60. The minimum atomic E-state index is 0. The van der Waals surface area contributed by atoms with Crippen LogP contribution in [0.5, 0.6) is 5.75 Å². The summed E-state index contributed by atoms with van der Waals surface area (Å²) in [4.78, 5) is 4.85. The van der Waals surface area contributed by atoms with Crippen LogP contribution in [0, 0.1) is 12.4 Å². The number of para-hydroxylation sites is 4. The third-order valence-electron chi connectivity index (χ3n) is 7.02. The Labute approximate surface area is 253 Å². The van der Waals surface area contributed by atoms with Crippen LogP contribution in [0.25, 0.3) is 56.0 Å². The van der Waals surface area contributed by atoms with Crippen molar-refractivity contribution in [2.24, 2.45) is 0 Å². The van der Waals surface area contributed by atoms with Crippen molar-refractivity contribution in [3.8, 4) is 50.8 Å². The molecule has 7 aromatic rings. The third-order valence-corrected chi connectivity index (χ3v) is 7.02. The van der Waals surface area contributed by atoms with Gasteiger partial charge in [-0.15, -0.1) is 29.8 Å². The second kappa shape index (κ2) is 11.4. The van der Waals surface area contributed by atoms with Crippen LogP contribution in [0.15, 0.2) is 140 Å². The molecule has 1 N–H and O–H groups in total. The molecule has 0 radical (unpaired) electrons. The van der Waals surface area contributed by atoms with Crippen molar-refractivity contribution in [3.63, 3.8) is 0 Å². The first kappa shape index (κ1) is 26.4. The molecule has 0 aliphatic heterocycles. The molecule has 0 aliphatic rings. The van der Waals surface area contributed by atoms with Gasteiger partial charge in [0.05, 0.1) is 22.4 Å². The van der Waals surface area contributed by atoms with E-state index < -0.39 is 0 Å². The predicted octanol–water partition coefficient (Wildman–Crippen LogP) is 7.61. The van der Waals surface area contributed by atoms with Crippen LogP contribution in [0.4, 0.5) is 0 Å². The summed E-state index contributed by atoms with van der Waals surface area (Å²) >= 11 is 0. The first-order valence-electron chi connectivity index (χ1n) is 13.1. The van der Waals surface area contributed by atoms with E-state index in [0.717, 1.165) is 44.8 Å². The molecule has 7 rings (SSSR count). The summed E-state index contributed by atoms with van der Waals surface area (Å²) in [5.41, 5.74) is 9.31. The monoisotopic (exact) mass is 709 g/mol. The molecular formula is C36H24N3OPt+. The quantitative estimate of drug-likeness (QED) is 0.148. The molecule has 0 saturated heterocycles. The number of rotatable bonds is 5. The molecule has 0 amide bonds. The summed E-state index contributed by atoms with van der Waals surface area (Å²) in [6, 6.07) is 49.8. The molecule has 4 nitrogen and oxygen atoms in total. The zero-order chi connectivity index (χ0) is 26.9. The van der Waals surface area contributed by atoms with E-state index in [1.165, 1.54) is 0 Å². The van der Waals surface area contributed by atoms with Crippen molar-refractivity contribution in [3.05, 3.63) is 152 Å². The number of phenols is 1. The van der Waals surface area contributed by atoms with Crippen LogP contribution in [0.3, 0.4) is 0 Å². The maximum absolute atomic E-state index is 10.3. The number of aromatic nitrogens is 3. The normalized spacial score (nSPS) is 10.8. The van der Waals surface area contributed by atoms with Crippen molar-refractivity contribution in [2.75, 3.05) is 0 Å². The number of phenolic OH excluding ortho intramolecular Hbond substituents is 1. The molecule has 5 heteroatoms. The molecule has 41 heavy (non-hydrogen) atoms. The van der Waals surface area contributed by atoms with Crippen molar-refractivity contribution < 1.29 is 30.7 Å². The van der Waals surface area contributed by atoms with E-state index >= 15 is 0 Å². The Morgan fingerprint density at radius 2 is 1.29 bits per heavy atom. The zero-order valence-corrected chi connectivity index (χ0v) is 24.2. The summed E-state index contributed by atoms with van der Waals surface area (Å²) < 4.78 is 4.17. The van der Waals surface area contributed by atoms with E-state index in [-0.39, 0.29) is 26.8 Å². The van der Waals surface area contributed by atoms with Gasteiger partial charge in [0.25, 0.3) is 6.33 Å². The molecule has 0 bridgehead atoms. The Bertz CT molecular complexity index is 1980. The van der Waals surface area contributed by atoms with E-state index in [2.05, 4.69) is 83.7 Å². The fraction of sp³-hybridized carbons (Fsp3) is 0. The number of hydrogen-bond donors (Lipinski definition) is 1. The average Bonchev–Trinajstić information content (AvgIpc) is 3.42. The molecule has 0 saturated carbocycles. The van der Waals surface area contributed by atoms with Crippen LogP contribution < -0.4 is 4.57 Å². The predicted molar refractivity (Wildman–Crippen MR) is 158 cm³/mol. The van der Waals surface area contributed by atoms with Gasteiger partial charge in [0.2, 0.25) is 0 Å². The van der Waals surface area contributed by atoms with Gasteiger partial charge in [0, 0.05) is 5.56 Å². The Morgan fingerprint density at radius 1 is 0.610 bits per heavy atom. The van der Waals surface area contributed by atoms with Gasteiger partial charge in [0.15, 0.2) is 0 Å². The second-order valence-corrected chi connectivity index (χ2v) is 9.52. The van der Waals surface area contributed by atoms with E-state index in [0.29, 0.717) is 11.3 Å². The fourth-order valence-electron chi connectivity index (χ4n) is 5.11. The van der Waals surface area contributed by atoms with Crippen molar-refractivity contribution >= 4 is 11.0 Å². The summed E-state index contributed by atoms with van der Waals surface area (Å²) in [5.74, 6) is 0.207. The average molecular weight is 710 g/mol. The molecule has 0 spiro atoms. The number of hydrogen-bond acceptors (Lipinski definition) is 2. The number of nitrogens with zero attached hydrogens (tertiary/aromatic N) is 3. The second-order valence-electron chi connectivity index (χ2n) is 9.52. The van der Waals surface area contributed by atoms with Crippen molar-refractivity contribution in [1.29, 1.82) is 0 Å². The van der Waals surface area contributed by atoms with E-state index in [1.807, 2.05) is 71.3 Å². The van der Waals surface area contributed by atoms with Gasteiger partial charge in [-0.1, -0.05) is 97.1 Å². The molecule has 2 heterocycles. The first-order valence-corrected chi connectivity index (χ1v) is 13.1. The number of imidazole rings is 1. The molecule has 198 valence electrons. The number of pyridine rings is 1. The van der Waals surface area contributed by atoms with Crippen LogP contribution >= 0.6 is 0 Å². The Hall–Kier alpha value is -4.79. The van der Waals surface area contributed by atoms with Gasteiger partial charge in [-0.2, -0.15) is 0 Å². The molecule has 2 aromatic heterocycles. The fourth-order valence-corrected chi connectivity index (χ4v) is 5.11. The minimum absolute atomic E-state index is 0. The maximum atomic E-state index is 10.3. The first-order chi connectivity index (χ1) is 19.8. The van der Waals surface area contributed by atoms with Crippen LogP contribution in [-0.4, -0.2) is 14.7 Å². The SMILES string of the molecule is Oc1ccccc1-c1cccc(-c2[c-]c(-n3[c-][n+](-c4ccccc4-c4ccccc4)c4ccccc43)ccc2)n1.[Pt+2]. The number of aromatic hydroxyl groups is 1. The topological polar surface area (TPSA) is 41.9 Å². The van der Waals surface area contributed by atoms with Crippen LogP contribution in [-0.2, 0) is 21.1 Å². The van der Waals surface area contributed by atoms with Gasteiger partial charge in [-0.3, -0.25) is 9.55 Å².